The van der Waals surface area contributed by atoms with Gasteiger partial charge in [-0.25, -0.2) is 4.79 Å². The van der Waals surface area contributed by atoms with Gasteiger partial charge in [0.2, 0.25) is 5.91 Å². The quantitative estimate of drug-likeness (QED) is 0.720. The molecule has 2 N–H and O–H groups in total. The zero-order chi connectivity index (χ0) is 16.5. The van der Waals surface area contributed by atoms with Crippen LogP contribution in [-0.2, 0) is 20.7 Å². The number of para-hydroxylation sites is 1. The van der Waals surface area contributed by atoms with Gasteiger partial charge in [-0.15, -0.1) is 0 Å². The van der Waals surface area contributed by atoms with Gasteiger partial charge < -0.3 is 19.9 Å². The van der Waals surface area contributed by atoms with Gasteiger partial charge in [0, 0.05) is 25.7 Å². The molecule has 0 aliphatic heterocycles. The third-order valence-corrected chi connectivity index (χ3v) is 2.78. The molecule has 8 heteroatoms. The second-order valence-corrected chi connectivity index (χ2v) is 4.40. The number of methoxy groups -OCH3 is 1. The highest BCUT2D eigenvalue weighted by molar-refractivity contribution is 5.85. The van der Waals surface area contributed by atoms with E-state index in [0.717, 1.165) is 0 Å². The molecule has 0 aliphatic carbocycles. The van der Waals surface area contributed by atoms with E-state index in [9.17, 15) is 18.4 Å². The maximum Gasteiger partial charge on any atom is 0.387 e. The van der Waals surface area contributed by atoms with Crippen LogP contribution in [0.1, 0.15) is 12.0 Å². The van der Waals surface area contributed by atoms with E-state index >= 15 is 0 Å². The van der Waals surface area contributed by atoms with Crippen molar-refractivity contribution in [1.82, 2.24) is 5.32 Å². The highest BCUT2D eigenvalue weighted by atomic mass is 19.3. The minimum absolute atomic E-state index is 0.104. The smallest absolute Gasteiger partial charge is 0.387 e. The van der Waals surface area contributed by atoms with Crippen molar-refractivity contribution in [3.05, 3.63) is 29.8 Å². The SMILES string of the molecule is COCCC(NC(=O)Cc1ccccc1OC(F)F)C(=O)O. The van der Waals surface area contributed by atoms with Crippen LogP contribution in [0.2, 0.25) is 0 Å². The number of halogens is 2. The number of hydrogen-bond acceptors (Lipinski definition) is 4. The minimum atomic E-state index is -3.00. The Balaban J connectivity index is 2.69. The van der Waals surface area contributed by atoms with Gasteiger partial charge in [-0.05, 0) is 6.07 Å². The molecular weight excluding hydrogens is 300 g/mol. The van der Waals surface area contributed by atoms with Gasteiger partial charge in [0.15, 0.2) is 0 Å². The molecule has 1 unspecified atom stereocenters. The molecule has 0 saturated carbocycles. The van der Waals surface area contributed by atoms with Gasteiger partial charge in [-0.3, -0.25) is 4.79 Å². The van der Waals surface area contributed by atoms with E-state index in [1.165, 1.54) is 25.3 Å². The molecule has 0 heterocycles. The van der Waals surface area contributed by atoms with Crippen molar-refractivity contribution in [2.45, 2.75) is 25.5 Å². The van der Waals surface area contributed by atoms with Crippen LogP contribution in [0.25, 0.3) is 0 Å². The molecule has 0 saturated heterocycles. The normalized spacial score (nSPS) is 12.0. The van der Waals surface area contributed by atoms with Gasteiger partial charge in [-0.2, -0.15) is 8.78 Å². The first-order valence-corrected chi connectivity index (χ1v) is 6.48. The number of amides is 1. The van der Waals surface area contributed by atoms with Gasteiger partial charge >= 0.3 is 12.6 Å². The summed E-state index contributed by atoms with van der Waals surface area (Å²) in [5.41, 5.74) is 0.246. The van der Waals surface area contributed by atoms with Crippen LogP contribution < -0.4 is 10.1 Å². The Labute approximate surface area is 126 Å². The molecule has 1 rings (SSSR count). The van der Waals surface area contributed by atoms with Crippen LogP contribution in [0, 0.1) is 0 Å². The predicted octanol–water partition coefficient (Wildman–Crippen LogP) is 1.44. The van der Waals surface area contributed by atoms with E-state index in [1.54, 1.807) is 6.07 Å². The maximum atomic E-state index is 12.3. The Morgan fingerprint density at radius 1 is 1.32 bits per heavy atom. The van der Waals surface area contributed by atoms with Crippen molar-refractivity contribution in [1.29, 1.82) is 0 Å². The number of rotatable bonds is 9. The van der Waals surface area contributed by atoms with Crippen LogP contribution in [0.3, 0.4) is 0 Å². The average Bonchev–Trinajstić information content (AvgIpc) is 2.44. The molecule has 0 aromatic heterocycles. The fraction of sp³-hybridized carbons (Fsp3) is 0.429. The fourth-order valence-electron chi connectivity index (χ4n) is 1.77. The number of benzene rings is 1. The molecule has 0 radical (unpaired) electrons. The number of hydrogen-bond donors (Lipinski definition) is 2. The lowest BCUT2D eigenvalue weighted by Gasteiger charge is -2.15. The van der Waals surface area contributed by atoms with Crippen LogP contribution in [0.15, 0.2) is 24.3 Å². The van der Waals surface area contributed by atoms with Crippen molar-refractivity contribution in [2.75, 3.05) is 13.7 Å². The fourth-order valence-corrected chi connectivity index (χ4v) is 1.77. The largest absolute Gasteiger partial charge is 0.480 e. The van der Waals surface area contributed by atoms with E-state index in [-0.39, 0.29) is 30.8 Å². The van der Waals surface area contributed by atoms with E-state index in [4.69, 9.17) is 9.84 Å². The second-order valence-electron chi connectivity index (χ2n) is 4.40. The Hall–Kier alpha value is -2.22. The third-order valence-electron chi connectivity index (χ3n) is 2.78. The lowest BCUT2D eigenvalue weighted by Crippen LogP contribution is -2.42. The average molecular weight is 317 g/mol. The summed E-state index contributed by atoms with van der Waals surface area (Å²) < 4.78 is 33.6. The summed E-state index contributed by atoms with van der Waals surface area (Å²) >= 11 is 0. The number of carbonyl (C=O) groups excluding carboxylic acids is 1. The molecule has 6 nitrogen and oxygen atoms in total. The summed E-state index contributed by atoms with van der Waals surface area (Å²) in [4.78, 5) is 22.9. The molecule has 0 fully saturated rings. The lowest BCUT2D eigenvalue weighted by molar-refractivity contribution is -0.142. The van der Waals surface area contributed by atoms with Crippen molar-refractivity contribution < 1.29 is 33.0 Å². The van der Waals surface area contributed by atoms with Crippen LogP contribution in [-0.4, -0.2) is 43.4 Å². The summed E-state index contributed by atoms with van der Waals surface area (Å²) in [6.45, 7) is -2.83. The summed E-state index contributed by atoms with van der Waals surface area (Å²) in [6.07, 6.45) is -0.160. The molecule has 0 spiro atoms. The van der Waals surface area contributed by atoms with Gasteiger partial charge in [-0.1, -0.05) is 18.2 Å². The first kappa shape index (κ1) is 17.8. The van der Waals surface area contributed by atoms with Gasteiger partial charge in [0.1, 0.15) is 11.8 Å². The van der Waals surface area contributed by atoms with Gasteiger partial charge in [0.25, 0.3) is 0 Å². The highest BCUT2D eigenvalue weighted by Gasteiger charge is 2.20. The number of nitrogens with one attached hydrogen (secondary N) is 1. The van der Waals surface area contributed by atoms with Crippen molar-refractivity contribution in [3.8, 4) is 5.75 Å². The Morgan fingerprint density at radius 3 is 2.59 bits per heavy atom. The monoisotopic (exact) mass is 317 g/mol. The summed E-state index contributed by atoms with van der Waals surface area (Å²) in [7, 11) is 1.42. The van der Waals surface area contributed by atoms with E-state index in [2.05, 4.69) is 10.1 Å². The number of carboxylic acids is 1. The summed E-state index contributed by atoms with van der Waals surface area (Å²) in [6, 6.07) is 4.74. The number of carbonyl (C=O) groups is 2. The Kier molecular flexibility index (Phi) is 7.24. The maximum absolute atomic E-state index is 12.3. The molecule has 22 heavy (non-hydrogen) atoms. The zero-order valence-corrected chi connectivity index (χ0v) is 11.9. The molecule has 122 valence electrons. The van der Waals surface area contributed by atoms with E-state index in [0.29, 0.717) is 0 Å². The predicted molar refractivity (Wildman–Crippen MR) is 72.8 cm³/mol. The second kappa shape index (κ2) is 8.93. The van der Waals surface area contributed by atoms with E-state index < -0.39 is 24.5 Å². The lowest BCUT2D eigenvalue weighted by atomic mass is 10.1. The molecule has 0 aliphatic rings. The van der Waals surface area contributed by atoms with Gasteiger partial charge in [0.05, 0.1) is 6.42 Å². The molecular formula is C14H17F2NO5. The van der Waals surface area contributed by atoms with Crippen LogP contribution in [0.4, 0.5) is 8.78 Å². The topological polar surface area (TPSA) is 84.9 Å². The minimum Gasteiger partial charge on any atom is -0.480 e. The molecule has 1 amide bonds. The summed E-state index contributed by atoms with van der Waals surface area (Å²) in [5.74, 6) is -1.91. The molecule has 1 aromatic carbocycles. The standard InChI is InChI=1S/C14H17F2NO5/c1-21-7-6-10(13(19)20)17-12(18)8-9-4-2-3-5-11(9)22-14(15)16/h2-5,10,14H,6-8H2,1H3,(H,17,18)(H,19,20). The van der Waals surface area contributed by atoms with Crippen LogP contribution >= 0.6 is 0 Å². The molecule has 1 atom stereocenters. The Morgan fingerprint density at radius 2 is 2.00 bits per heavy atom. The van der Waals surface area contributed by atoms with Crippen molar-refractivity contribution in [3.63, 3.8) is 0 Å². The first-order chi connectivity index (χ1) is 10.4. The van der Waals surface area contributed by atoms with Crippen molar-refractivity contribution >= 4 is 11.9 Å². The Bertz CT molecular complexity index is 510. The number of carboxylic acid groups (broad SMARTS) is 1. The number of ether oxygens (including phenoxy) is 2. The molecule has 1 aromatic rings. The third kappa shape index (κ3) is 6.04. The van der Waals surface area contributed by atoms with E-state index in [1.807, 2.05) is 0 Å². The molecule has 0 bridgehead atoms. The van der Waals surface area contributed by atoms with Crippen molar-refractivity contribution in [2.24, 2.45) is 0 Å². The summed E-state index contributed by atoms with van der Waals surface area (Å²) in [5, 5.41) is 11.3. The van der Waals surface area contributed by atoms with Crippen LogP contribution in [0.5, 0.6) is 5.75 Å². The number of alkyl halides is 2. The number of aliphatic carboxylic acids is 1. The zero-order valence-electron chi connectivity index (χ0n) is 11.9. The first-order valence-electron chi connectivity index (χ1n) is 6.48. The highest BCUT2D eigenvalue weighted by Crippen LogP contribution is 2.20.